The van der Waals surface area contributed by atoms with Gasteiger partial charge in [0, 0.05) is 25.4 Å². The second-order valence-corrected chi connectivity index (χ2v) is 7.18. The van der Waals surface area contributed by atoms with E-state index < -0.39 is 0 Å². The molecule has 0 radical (unpaired) electrons. The van der Waals surface area contributed by atoms with Crippen molar-refractivity contribution < 1.29 is 9.53 Å². The molecule has 0 bridgehead atoms. The highest BCUT2D eigenvalue weighted by molar-refractivity contribution is 5.81. The molecule has 3 atom stereocenters. The second kappa shape index (κ2) is 8.12. The molecule has 0 spiro atoms. The number of ether oxygens (including phenoxy) is 1. The summed E-state index contributed by atoms with van der Waals surface area (Å²) in [5.41, 5.74) is 1.18. The van der Waals surface area contributed by atoms with E-state index in [4.69, 9.17) is 4.74 Å². The number of aryl methyl sites for hydroxylation is 1. The van der Waals surface area contributed by atoms with Gasteiger partial charge >= 0.3 is 0 Å². The summed E-state index contributed by atoms with van der Waals surface area (Å²) in [5, 5.41) is 7.49. The van der Waals surface area contributed by atoms with Crippen molar-refractivity contribution in [3.8, 4) is 0 Å². The number of carbonyl (C=O) groups is 1. The van der Waals surface area contributed by atoms with Gasteiger partial charge in [0.15, 0.2) is 0 Å². The molecule has 0 unspecified atom stereocenters. The average Bonchev–Trinajstić information content (AvgIpc) is 3.24. The molecule has 3 heterocycles. The lowest BCUT2D eigenvalue weighted by Gasteiger charge is -2.39. The van der Waals surface area contributed by atoms with Crippen molar-refractivity contribution >= 4 is 5.91 Å². The lowest BCUT2D eigenvalue weighted by Crippen LogP contribution is -2.53. The minimum absolute atomic E-state index is 0.103. The maximum absolute atomic E-state index is 12.6. The van der Waals surface area contributed by atoms with E-state index in [-0.39, 0.29) is 18.1 Å². The van der Waals surface area contributed by atoms with Crippen molar-refractivity contribution in [1.82, 2.24) is 20.0 Å². The number of piperidine rings is 1. The summed E-state index contributed by atoms with van der Waals surface area (Å²) in [7, 11) is 0. The third-order valence-electron chi connectivity index (χ3n) is 5.24. The van der Waals surface area contributed by atoms with Crippen molar-refractivity contribution in [2.24, 2.45) is 0 Å². The lowest BCUT2D eigenvalue weighted by molar-refractivity contribution is -0.128. The summed E-state index contributed by atoms with van der Waals surface area (Å²) in [6.07, 6.45) is 9.85. The number of likely N-dealkylation sites (tertiary alicyclic amines) is 1. The van der Waals surface area contributed by atoms with Gasteiger partial charge in [-0.05, 0) is 51.6 Å². The molecule has 1 aromatic rings. The highest BCUT2D eigenvalue weighted by Crippen LogP contribution is 2.21. The Labute approximate surface area is 144 Å². The van der Waals surface area contributed by atoms with E-state index in [1.165, 1.54) is 12.0 Å². The number of carbonyl (C=O) groups excluding carboxylic acids is 1. The van der Waals surface area contributed by atoms with Crippen molar-refractivity contribution in [2.75, 3.05) is 19.7 Å². The highest BCUT2D eigenvalue weighted by Gasteiger charge is 2.31. The number of nitrogens with zero attached hydrogens (tertiary/aromatic N) is 3. The predicted molar refractivity (Wildman–Crippen MR) is 92.8 cm³/mol. The van der Waals surface area contributed by atoms with Crippen LogP contribution in [0.4, 0.5) is 0 Å². The molecule has 0 aliphatic carbocycles. The van der Waals surface area contributed by atoms with Crippen LogP contribution in [0, 0.1) is 6.92 Å². The quantitative estimate of drug-likeness (QED) is 0.861. The Kier molecular flexibility index (Phi) is 5.89. The van der Waals surface area contributed by atoms with E-state index in [2.05, 4.69) is 28.4 Å². The van der Waals surface area contributed by atoms with Crippen LogP contribution in [-0.4, -0.2) is 58.5 Å². The van der Waals surface area contributed by atoms with Gasteiger partial charge in [0.2, 0.25) is 5.91 Å². The van der Waals surface area contributed by atoms with Crippen LogP contribution >= 0.6 is 0 Å². The Bertz CT molecular complexity index is 539. The first kappa shape index (κ1) is 17.4. The number of aromatic nitrogens is 2. The molecule has 2 saturated heterocycles. The van der Waals surface area contributed by atoms with Crippen LogP contribution in [0.15, 0.2) is 12.4 Å². The zero-order valence-electron chi connectivity index (χ0n) is 14.9. The minimum atomic E-state index is -0.103. The zero-order chi connectivity index (χ0) is 16.9. The van der Waals surface area contributed by atoms with Crippen molar-refractivity contribution in [2.45, 2.75) is 70.7 Å². The standard InChI is InChI=1S/C18H30N4O2/c1-14-10-20-21(12-14)13-16-6-3-4-8-22(16)15(2)18(23)19-11-17-7-5-9-24-17/h10,12,15-17H,3-9,11,13H2,1-2H3,(H,19,23)/t15-,16-,17+/m0/s1. The molecule has 6 heteroatoms. The third-order valence-corrected chi connectivity index (χ3v) is 5.24. The van der Waals surface area contributed by atoms with Gasteiger partial charge in [0.05, 0.1) is 24.9 Å². The number of hydrogen-bond acceptors (Lipinski definition) is 4. The molecule has 3 rings (SSSR count). The minimum Gasteiger partial charge on any atom is -0.376 e. The molecular weight excluding hydrogens is 304 g/mol. The van der Waals surface area contributed by atoms with E-state index >= 15 is 0 Å². The zero-order valence-corrected chi connectivity index (χ0v) is 14.9. The Morgan fingerprint density at radius 1 is 1.42 bits per heavy atom. The number of hydrogen-bond donors (Lipinski definition) is 1. The average molecular weight is 334 g/mol. The first-order chi connectivity index (χ1) is 11.6. The van der Waals surface area contributed by atoms with E-state index in [1.54, 1.807) is 0 Å². The Morgan fingerprint density at radius 2 is 2.29 bits per heavy atom. The second-order valence-electron chi connectivity index (χ2n) is 7.18. The topological polar surface area (TPSA) is 59.4 Å². The monoisotopic (exact) mass is 334 g/mol. The van der Waals surface area contributed by atoms with Crippen LogP contribution in [-0.2, 0) is 16.1 Å². The molecule has 2 aliphatic rings. The summed E-state index contributed by atoms with van der Waals surface area (Å²) in [6.45, 7) is 7.39. The van der Waals surface area contributed by atoms with E-state index in [9.17, 15) is 4.79 Å². The van der Waals surface area contributed by atoms with Crippen molar-refractivity contribution in [3.05, 3.63) is 18.0 Å². The molecule has 134 valence electrons. The largest absolute Gasteiger partial charge is 0.376 e. The molecule has 1 aromatic heterocycles. The van der Waals surface area contributed by atoms with Gasteiger partial charge in [0.25, 0.3) is 0 Å². The van der Waals surface area contributed by atoms with E-state index in [1.807, 2.05) is 17.8 Å². The van der Waals surface area contributed by atoms with Crippen LogP contribution < -0.4 is 5.32 Å². The summed E-state index contributed by atoms with van der Waals surface area (Å²) in [4.78, 5) is 14.9. The first-order valence-corrected chi connectivity index (χ1v) is 9.27. The molecule has 2 fully saturated rings. The lowest BCUT2D eigenvalue weighted by atomic mass is 9.99. The number of nitrogens with one attached hydrogen (secondary N) is 1. The third kappa shape index (κ3) is 4.36. The maximum atomic E-state index is 12.6. The highest BCUT2D eigenvalue weighted by atomic mass is 16.5. The van der Waals surface area contributed by atoms with E-state index in [0.717, 1.165) is 45.4 Å². The fourth-order valence-corrected chi connectivity index (χ4v) is 3.83. The number of amides is 1. The predicted octanol–water partition coefficient (Wildman–Crippen LogP) is 1.73. The molecule has 1 amide bonds. The summed E-state index contributed by atoms with van der Waals surface area (Å²) < 4.78 is 7.60. The molecule has 1 N–H and O–H groups in total. The van der Waals surface area contributed by atoms with Crippen LogP contribution in [0.1, 0.15) is 44.6 Å². The van der Waals surface area contributed by atoms with Crippen LogP contribution in [0.5, 0.6) is 0 Å². The fourth-order valence-electron chi connectivity index (χ4n) is 3.83. The molecule has 24 heavy (non-hydrogen) atoms. The SMILES string of the molecule is Cc1cnn(C[C@@H]2CCCCN2[C@@H](C)C(=O)NC[C@H]2CCCO2)c1. The van der Waals surface area contributed by atoms with Gasteiger partial charge in [-0.15, -0.1) is 0 Å². The van der Waals surface area contributed by atoms with Crippen LogP contribution in [0.3, 0.4) is 0 Å². The molecular formula is C18H30N4O2. The van der Waals surface area contributed by atoms with Gasteiger partial charge in [-0.2, -0.15) is 5.10 Å². The molecule has 2 aliphatic heterocycles. The van der Waals surface area contributed by atoms with E-state index in [0.29, 0.717) is 12.6 Å². The Hall–Kier alpha value is -1.40. The van der Waals surface area contributed by atoms with Crippen molar-refractivity contribution in [1.29, 1.82) is 0 Å². The fraction of sp³-hybridized carbons (Fsp3) is 0.778. The molecule has 0 aromatic carbocycles. The molecule has 6 nitrogen and oxygen atoms in total. The smallest absolute Gasteiger partial charge is 0.237 e. The summed E-state index contributed by atoms with van der Waals surface area (Å²) in [6, 6.07) is 0.273. The van der Waals surface area contributed by atoms with Gasteiger partial charge in [-0.3, -0.25) is 14.4 Å². The summed E-state index contributed by atoms with van der Waals surface area (Å²) in [5.74, 6) is 0.119. The number of rotatable bonds is 6. The maximum Gasteiger partial charge on any atom is 0.237 e. The Balaban J connectivity index is 1.55. The van der Waals surface area contributed by atoms with Gasteiger partial charge in [-0.1, -0.05) is 6.42 Å². The summed E-state index contributed by atoms with van der Waals surface area (Å²) >= 11 is 0. The van der Waals surface area contributed by atoms with Gasteiger partial charge < -0.3 is 10.1 Å². The van der Waals surface area contributed by atoms with Gasteiger partial charge in [-0.25, -0.2) is 0 Å². The van der Waals surface area contributed by atoms with Crippen LogP contribution in [0.25, 0.3) is 0 Å². The van der Waals surface area contributed by atoms with Gasteiger partial charge in [0.1, 0.15) is 0 Å². The Morgan fingerprint density at radius 3 is 3.00 bits per heavy atom. The van der Waals surface area contributed by atoms with Crippen molar-refractivity contribution in [3.63, 3.8) is 0 Å². The normalized spacial score (nSPS) is 26.4. The first-order valence-electron chi connectivity index (χ1n) is 9.27. The molecule has 0 saturated carbocycles. The van der Waals surface area contributed by atoms with Crippen LogP contribution in [0.2, 0.25) is 0 Å².